The van der Waals surface area contributed by atoms with E-state index in [-0.39, 0.29) is 5.41 Å². The van der Waals surface area contributed by atoms with Gasteiger partial charge >= 0.3 is 0 Å². The van der Waals surface area contributed by atoms with Gasteiger partial charge in [-0.2, -0.15) is 5.10 Å². The molecular formula is C21H29N3O. The molecule has 1 unspecified atom stereocenters. The Balaban J connectivity index is 1.96. The molecule has 2 aromatic rings. The number of rotatable bonds is 4. The first-order chi connectivity index (χ1) is 11.8. The quantitative estimate of drug-likeness (QED) is 0.897. The van der Waals surface area contributed by atoms with Crippen molar-refractivity contribution in [1.82, 2.24) is 14.8 Å². The third-order valence-corrected chi connectivity index (χ3v) is 5.70. The molecule has 1 N–H and O–H groups in total. The van der Waals surface area contributed by atoms with E-state index in [1.165, 1.54) is 11.9 Å². The normalized spacial score (nSPS) is 24.8. The fraction of sp³-hybridized carbons (Fsp3) is 0.524. The average Bonchev–Trinajstić information content (AvgIpc) is 3.05. The van der Waals surface area contributed by atoms with Crippen LogP contribution in [0.25, 0.3) is 6.08 Å². The van der Waals surface area contributed by atoms with Crippen molar-refractivity contribution in [3.8, 4) is 0 Å². The van der Waals surface area contributed by atoms with Gasteiger partial charge in [-0.05, 0) is 47.3 Å². The summed E-state index contributed by atoms with van der Waals surface area (Å²) in [6.45, 7) is 9.15. The van der Waals surface area contributed by atoms with Crippen LogP contribution >= 0.6 is 0 Å². The fourth-order valence-corrected chi connectivity index (χ4v) is 3.80. The molecule has 1 aromatic carbocycles. The maximum absolute atomic E-state index is 11.7. The highest BCUT2D eigenvalue weighted by atomic mass is 16.3. The van der Waals surface area contributed by atoms with Crippen LogP contribution in [-0.2, 0) is 6.54 Å². The van der Waals surface area contributed by atoms with Crippen molar-refractivity contribution < 1.29 is 5.11 Å². The molecule has 1 saturated carbocycles. The van der Waals surface area contributed by atoms with E-state index in [9.17, 15) is 5.11 Å². The van der Waals surface area contributed by atoms with E-state index in [1.807, 2.05) is 0 Å². The van der Waals surface area contributed by atoms with Crippen LogP contribution in [-0.4, -0.2) is 25.5 Å². The highest BCUT2D eigenvalue weighted by Crippen LogP contribution is 2.48. The molecule has 1 fully saturated rings. The first-order valence-electron chi connectivity index (χ1n) is 9.18. The Labute approximate surface area is 150 Å². The van der Waals surface area contributed by atoms with Crippen LogP contribution in [0, 0.1) is 5.41 Å². The molecule has 1 atom stereocenters. The summed E-state index contributed by atoms with van der Waals surface area (Å²) in [6.07, 6.45) is 8.39. The maximum atomic E-state index is 11.7. The number of nitrogens with zero attached hydrogens (tertiary/aromatic N) is 3. The predicted molar refractivity (Wildman–Crippen MR) is 101 cm³/mol. The zero-order valence-electron chi connectivity index (χ0n) is 15.7. The van der Waals surface area contributed by atoms with Crippen LogP contribution in [0.5, 0.6) is 0 Å². The molecule has 1 aliphatic carbocycles. The Morgan fingerprint density at radius 2 is 1.96 bits per heavy atom. The Morgan fingerprint density at radius 1 is 1.24 bits per heavy atom. The number of hydrogen-bond acceptors (Lipinski definition) is 3. The minimum absolute atomic E-state index is 0.207. The Kier molecular flexibility index (Phi) is 4.83. The van der Waals surface area contributed by atoms with Crippen LogP contribution in [0.1, 0.15) is 64.0 Å². The lowest BCUT2D eigenvalue weighted by atomic mass is 9.62. The predicted octanol–water partition coefficient (Wildman–Crippen LogP) is 4.43. The van der Waals surface area contributed by atoms with E-state index in [1.54, 1.807) is 11.0 Å². The van der Waals surface area contributed by atoms with Gasteiger partial charge < -0.3 is 5.11 Å². The van der Waals surface area contributed by atoms with E-state index < -0.39 is 5.60 Å². The maximum Gasteiger partial charge on any atom is 0.137 e. The molecule has 4 heteroatoms. The average molecular weight is 339 g/mol. The minimum atomic E-state index is -0.921. The third kappa shape index (κ3) is 3.54. The lowest BCUT2D eigenvalue weighted by molar-refractivity contribution is -0.0692. The van der Waals surface area contributed by atoms with E-state index in [0.29, 0.717) is 12.5 Å². The van der Waals surface area contributed by atoms with Gasteiger partial charge in [-0.3, -0.25) is 0 Å². The summed E-state index contributed by atoms with van der Waals surface area (Å²) in [5.74, 6) is 0.527. The largest absolute Gasteiger partial charge is 0.383 e. The number of aromatic nitrogens is 3. The molecule has 134 valence electrons. The first kappa shape index (κ1) is 17.9. The number of hydrogen-bond donors (Lipinski definition) is 1. The summed E-state index contributed by atoms with van der Waals surface area (Å²) < 4.78 is 1.74. The van der Waals surface area contributed by atoms with Crippen LogP contribution < -0.4 is 0 Å². The molecule has 0 radical (unpaired) electrons. The molecule has 1 heterocycles. The first-order valence-corrected chi connectivity index (χ1v) is 9.18. The van der Waals surface area contributed by atoms with Crippen molar-refractivity contribution in [3.05, 3.63) is 53.6 Å². The Bertz CT molecular complexity index is 729. The van der Waals surface area contributed by atoms with Crippen molar-refractivity contribution in [2.24, 2.45) is 5.41 Å². The monoisotopic (exact) mass is 339 g/mol. The van der Waals surface area contributed by atoms with Crippen molar-refractivity contribution >= 4 is 6.08 Å². The summed E-state index contributed by atoms with van der Waals surface area (Å²) in [5, 5.41) is 15.9. The lowest BCUT2D eigenvalue weighted by Crippen LogP contribution is -2.52. The van der Waals surface area contributed by atoms with Gasteiger partial charge in [0.25, 0.3) is 0 Å². The molecule has 0 spiro atoms. The third-order valence-electron chi connectivity index (χ3n) is 5.70. The molecule has 0 amide bonds. The molecule has 0 saturated heterocycles. The van der Waals surface area contributed by atoms with Gasteiger partial charge in [-0.25, -0.2) is 9.67 Å². The molecule has 1 aromatic heterocycles. The summed E-state index contributed by atoms with van der Waals surface area (Å²) in [6, 6.07) is 8.67. The van der Waals surface area contributed by atoms with Crippen molar-refractivity contribution in [1.29, 1.82) is 0 Å². The SMILES string of the molecule is CC(C)c1ccc(/C=C2\CCCC(C)(C)C2(O)Cn2cncn2)cc1. The van der Waals surface area contributed by atoms with Crippen molar-refractivity contribution in [3.63, 3.8) is 0 Å². The summed E-state index contributed by atoms with van der Waals surface area (Å²) in [7, 11) is 0. The van der Waals surface area contributed by atoms with Crippen molar-refractivity contribution in [2.75, 3.05) is 0 Å². The minimum Gasteiger partial charge on any atom is -0.383 e. The van der Waals surface area contributed by atoms with Crippen LogP contribution in [0.4, 0.5) is 0 Å². The van der Waals surface area contributed by atoms with E-state index in [2.05, 4.69) is 68.1 Å². The number of benzene rings is 1. The molecule has 0 bridgehead atoms. The van der Waals surface area contributed by atoms with Crippen molar-refractivity contribution in [2.45, 2.75) is 65.0 Å². The summed E-state index contributed by atoms with van der Waals surface area (Å²) in [4.78, 5) is 4.02. The molecular weight excluding hydrogens is 310 g/mol. The van der Waals surface area contributed by atoms with Gasteiger partial charge in [0.2, 0.25) is 0 Å². The highest BCUT2D eigenvalue weighted by Gasteiger charge is 2.48. The van der Waals surface area contributed by atoms with Gasteiger partial charge in [-0.15, -0.1) is 0 Å². The topological polar surface area (TPSA) is 50.9 Å². The van der Waals surface area contributed by atoms with Gasteiger partial charge in [0.05, 0.1) is 6.54 Å². The standard InChI is InChI=1S/C21H29N3O/c1-16(2)18-9-7-17(8-10-18)12-19-6-5-11-20(3,4)21(19,25)13-24-15-22-14-23-24/h7-10,12,14-16,25H,5-6,11,13H2,1-4H3/b19-12+. The second-order valence-electron chi connectivity index (χ2n) is 8.18. The van der Waals surface area contributed by atoms with Crippen LogP contribution in [0.3, 0.4) is 0 Å². The Hall–Kier alpha value is -1.94. The van der Waals surface area contributed by atoms with E-state index in [4.69, 9.17) is 0 Å². The molecule has 25 heavy (non-hydrogen) atoms. The lowest BCUT2D eigenvalue weighted by Gasteiger charge is -2.48. The van der Waals surface area contributed by atoms with E-state index >= 15 is 0 Å². The summed E-state index contributed by atoms with van der Waals surface area (Å²) >= 11 is 0. The van der Waals surface area contributed by atoms with Gasteiger partial charge in [0.15, 0.2) is 0 Å². The summed E-state index contributed by atoms with van der Waals surface area (Å²) in [5.41, 5.74) is 2.45. The van der Waals surface area contributed by atoms with Gasteiger partial charge in [0.1, 0.15) is 18.3 Å². The molecule has 0 aliphatic heterocycles. The second kappa shape index (κ2) is 6.75. The van der Waals surface area contributed by atoms with E-state index in [0.717, 1.165) is 30.4 Å². The van der Waals surface area contributed by atoms with Crippen LogP contribution in [0.2, 0.25) is 0 Å². The zero-order chi connectivity index (χ0) is 18.1. The van der Waals surface area contributed by atoms with Gasteiger partial charge in [-0.1, -0.05) is 58.0 Å². The number of aliphatic hydroxyl groups is 1. The van der Waals surface area contributed by atoms with Gasteiger partial charge in [0, 0.05) is 0 Å². The molecule has 4 nitrogen and oxygen atoms in total. The second-order valence-corrected chi connectivity index (χ2v) is 8.18. The fourth-order valence-electron chi connectivity index (χ4n) is 3.80. The highest BCUT2D eigenvalue weighted by molar-refractivity contribution is 5.56. The van der Waals surface area contributed by atoms with Crippen LogP contribution in [0.15, 0.2) is 42.5 Å². The molecule has 3 rings (SSSR count). The smallest absolute Gasteiger partial charge is 0.137 e. The Morgan fingerprint density at radius 3 is 2.56 bits per heavy atom. The zero-order valence-corrected chi connectivity index (χ0v) is 15.7. The molecule has 1 aliphatic rings.